The molecule has 0 saturated heterocycles. The molecule has 2 heteroatoms. The number of nitrogens with zero attached hydrogens (tertiary/aromatic N) is 1. The number of furan rings is 1. The van der Waals surface area contributed by atoms with Crippen LogP contribution in [0.5, 0.6) is 0 Å². The third-order valence-corrected chi connectivity index (χ3v) is 10.3. The molecule has 0 aliphatic carbocycles. The number of benzene rings is 9. The summed E-state index contributed by atoms with van der Waals surface area (Å²) in [6, 6.07) is 71.6. The molecule has 0 fully saturated rings. The second-order valence-corrected chi connectivity index (χ2v) is 13.3. The van der Waals surface area contributed by atoms with Crippen molar-refractivity contribution in [3.05, 3.63) is 200 Å². The Morgan fingerprint density at radius 2 is 0.827 bits per heavy atom. The molecule has 2 nitrogen and oxygen atoms in total. The normalized spacial score (nSPS) is 11.5. The SMILES string of the molecule is c1ccc(-c2ccc(N(c3ccccc3)c3ccc(-c4cc5c6ccc(-c7ccccc7)cc6oc5c5ccccc45)c4ccccc34)cc2)cc1. The van der Waals surface area contributed by atoms with Gasteiger partial charge in [-0.15, -0.1) is 0 Å². The average molecular weight is 664 g/mol. The standard InChI is InChI=1S/C50H33NO/c1-4-14-34(15-5-1)36-24-27-39(28-25-36)51(38-18-8-3-9-19-38)48-31-30-42(40-20-10-12-22-43(40)48)46-33-47-44-29-26-37(35-16-6-2-7-17-35)32-49(44)52-50(47)45-23-13-11-21-41(45)46/h1-33H. The van der Waals surface area contributed by atoms with Crippen molar-refractivity contribution in [3.63, 3.8) is 0 Å². The van der Waals surface area contributed by atoms with Gasteiger partial charge in [0.1, 0.15) is 11.2 Å². The van der Waals surface area contributed by atoms with Gasteiger partial charge in [-0.05, 0) is 92.7 Å². The number of para-hydroxylation sites is 1. The molecule has 0 amide bonds. The van der Waals surface area contributed by atoms with Gasteiger partial charge in [-0.1, -0.05) is 152 Å². The van der Waals surface area contributed by atoms with Gasteiger partial charge in [0.2, 0.25) is 0 Å². The van der Waals surface area contributed by atoms with Crippen LogP contribution in [0, 0.1) is 0 Å². The number of anilines is 3. The van der Waals surface area contributed by atoms with Crippen LogP contribution in [0.2, 0.25) is 0 Å². The van der Waals surface area contributed by atoms with E-state index in [0.29, 0.717) is 0 Å². The average Bonchev–Trinajstić information content (AvgIpc) is 3.60. The fourth-order valence-electron chi connectivity index (χ4n) is 7.78. The lowest BCUT2D eigenvalue weighted by molar-refractivity contribution is 0.673. The highest BCUT2D eigenvalue weighted by atomic mass is 16.3. The van der Waals surface area contributed by atoms with Crippen LogP contribution in [0.15, 0.2) is 205 Å². The number of rotatable bonds is 6. The first kappa shape index (κ1) is 30.0. The Bertz CT molecular complexity index is 2870. The van der Waals surface area contributed by atoms with Crippen molar-refractivity contribution in [2.24, 2.45) is 0 Å². The highest BCUT2D eigenvalue weighted by Crippen LogP contribution is 2.46. The highest BCUT2D eigenvalue weighted by molar-refractivity contribution is 6.21. The molecular weight excluding hydrogens is 631 g/mol. The minimum Gasteiger partial charge on any atom is -0.455 e. The van der Waals surface area contributed by atoms with E-state index in [4.69, 9.17) is 4.42 Å². The van der Waals surface area contributed by atoms with Crippen LogP contribution in [-0.2, 0) is 0 Å². The van der Waals surface area contributed by atoms with E-state index in [0.717, 1.165) is 50.0 Å². The predicted molar refractivity (Wildman–Crippen MR) is 220 cm³/mol. The lowest BCUT2D eigenvalue weighted by Gasteiger charge is -2.27. The van der Waals surface area contributed by atoms with Crippen molar-refractivity contribution < 1.29 is 4.42 Å². The van der Waals surface area contributed by atoms with Gasteiger partial charge < -0.3 is 9.32 Å². The second kappa shape index (κ2) is 12.5. The van der Waals surface area contributed by atoms with Crippen LogP contribution >= 0.6 is 0 Å². The fraction of sp³-hybridized carbons (Fsp3) is 0. The Labute approximate surface area is 302 Å². The van der Waals surface area contributed by atoms with Crippen LogP contribution in [-0.4, -0.2) is 0 Å². The lowest BCUT2D eigenvalue weighted by atomic mass is 9.91. The first-order valence-corrected chi connectivity index (χ1v) is 17.8. The van der Waals surface area contributed by atoms with Crippen LogP contribution in [0.1, 0.15) is 0 Å². The van der Waals surface area contributed by atoms with Gasteiger partial charge in [-0.2, -0.15) is 0 Å². The summed E-state index contributed by atoms with van der Waals surface area (Å²) in [4.78, 5) is 2.37. The largest absolute Gasteiger partial charge is 0.455 e. The maximum Gasteiger partial charge on any atom is 0.143 e. The molecule has 52 heavy (non-hydrogen) atoms. The molecule has 244 valence electrons. The van der Waals surface area contributed by atoms with Crippen molar-refractivity contribution in [2.45, 2.75) is 0 Å². The molecule has 1 heterocycles. The molecule has 0 saturated carbocycles. The number of fused-ring (bicyclic) bond motifs is 6. The maximum absolute atomic E-state index is 6.68. The molecule has 0 spiro atoms. The molecule has 0 atom stereocenters. The van der Waals surface area contributed by atoms with Crippen molar-refractivity contribution in [1.82, 2.24) is 0 Å². The van der Waals surface area contributed by atoms with Gasteiger partial charge >= 0.3 is 0 Å². The van der Waals surface area contributed by atoms with Crippen molar-refractivity contribution in [1.29, 1.82) is 0 Å². The lowest BCUT2D eigenvalue weighted by Crippen LogP contribution is -2.10. The van der Waals surface area contributed by atoms with E-state index in [-0.39, 0.29) is 0 Å². The van der Waals surface area contributed by atoms with E-state index in [9.17, 15) is 0 Å². The minimum atomic E-state index is 0.899. The quantitative estimate of drug-likeness (QED) is 0.176. The van der Waals surface area contributed by atoms with Crippen molar-refractivity contribution >= 4 is 60.5 Å². The summed E-state index contributed by atoms with van der Waals surface area (Å²) in [7, 11) is 0. The molecule has 0 radical (unpaired) electrons. The third kappa shape index (κ3) is 5.04. The van der Waals surface area contributed by atoms with E-state index >= 15 is 0 Å². The van der Waals surface area contributed by atoms with Crippen LogP contribution in [0.25, 0.3) is 76.9 Å². The molecule has 0 aliphatic rings. The van der Waals surface area contributed by atoms with E-state index in [1.165, 1.54) is 44.0 Å². The minimum absolute atomic E-state index is 0.899. The Morgan fingerprint density at radius 1 is 0.308 bits per heavy atom. The van der Waals surface area contributed by atoms with E-state index < -0.39 is 0 Å². The third-order valence-electron chi connectivity index (χ3n) is 10.3. The van der Waals surface area contributed by atoms with E-state index in [1.54, 1.807) is 0 Å². The zero-order valence-corrected chi connectivity index (χ0v) is 28.4. The predicted octanol–water partition coefficient (Wildman–Crippen LogP) is 14.4. The van der Waals surface area contributed by atoms with Crippen LogP contribution in [0.3, 0.4) is 0 Å². The van der Waals surface area contributed by atoms with Crippen LogP contribution < -0.4 is 4.90 Å². The number of hydrogen-bond acceptors (Lipinski definition) is 2. The van der Waals surface area contributed by atoms with E-state index in [2.05, 4.69) is 205 Å². The monoisotopic (exact) mass is 663 g/mol. The summed E-state index contributed by atoms with van der Waals surface area (Å²) in [5.41, 5.74) is 12.3. The first-order chi connectivity index (χ1) is 25.8. The molecule has 10 aromatic rings. The van der Waals surface area contributed by atoms with Gasteiger partial charge in [-0.3, -0.25) is 0 Å². The summed E-state index contributed by atoms with van der Waals surface area (Å²) >= 11 is 0. The summed E-state index contributed by atoms with van der Waals surface area (Å²) < 4.78 is 6.68. The Hall–Kier alpha value is -6.90. The van der Waals surface area contributed by atoms with Crippen LogP contribution in [0.4, 0.5) is 17.1 Å². The first-order valence-electron chi connectivity index (χ1n) is 17.8. The zero-order valence-electron chi connectivity index (χ0n) is 28.4. The molecular formula is C50H33NO. The smallest absolute Gasteiger partial charge is 0.143 e. The Kier molecular flexibility index (Phi) is 7.18. The fourth-order valence-corrected chi connectivity index (χ4v) is 7.78. The number of hydrogen-bond donors (Lipinski definition) is 0. The van der Waals surface area contributed by atoms with Gasteiger partial charge in [0, 0.05) is 32.9 Å². The van der Waals surface area contributed by atoms with Gasteiger partial charge in [0.25, 0.3) is 0 Å². The zero-order chi connectivity index (χ0) is 34.4. The molecule has 10 rings (SSSR count). The van der Waals surface area contributed by atoms with Gasteiger partial charge in [-0.25, -0.2) is 0 Å². The van der Waals surface area contributed by atoms with Gasteiger partial charge in [0.15, 0.2) is 0 Å². The summed E-state index contributed by atoms with van der Waals surface area (Å²) in [5.74, 6) is 0. The summed E-state index contributed by atoms with van der Waals surface area (Å²) in [6.07, 6.45) is 0. The maximum atomic E-state index is 6.68. The molecule has 0 bridgehead atoms. The second-order valence-electron chi connectivity index (χ2n) is 13.3. The molecule has 1 aromatic heterocycles. The Morgan fingerprint density at radius 3 is 1.52 bits per heavy atom. The Balaban J connectivity index is 1.16. The molecule has 9 aromatic carbocycles. The summed E-state index contributed by atoms with van der Waals surface area (Å²) in [6.45, 7) is 0. The van der Waals surface area contributed by atoms with E-state index in [1.807, 2.05) is 0 Å². The molecule has 0 N–H and O–H groups in total. The topological polar surface area (TPSA) is 16.4 Å². The van der Waals surface area contributed by atoms with Crippen molar-refractivity contribution in [3.8, 4) is 33.4 Å². The van der Waals surface area contributed by atoms with Gasteiger partial charge in [0.05, 0.1) is 5.69 Å². The van der Waals surface area contributed by atoms with Crippen molar-refractivity contribution in [2.75, 3.05) is 4.90 Å². The summed E-state index contributed by atoms with van der Waals surface area (Å²) in [5, 5.41) is 6.92. The highest BCUT2D eigenvalue weighted by Gasteiger charge is 2.20. The molecule has 0 aliphatic heterocycles. The molecule has 0 unspecified atom stereocenters.